The lowest BCUT2D eigenvalue weighted by Crippen LogP contribution is -2.39. The summed E-state index contributed by atoms with van der Waals surface area (Å²) < 4.78 is 0. The van der Waals surface area contributed by atoms with Crippen LogP contribution in [0.4, 0.5) is 5.13 Å². The van der Waals surface area contributed by atoms with E-state index in [9.17, 15) is 0 Å². The van der Waals surface area contributed by atoms with Gasteiger partial charge in [-0.2, -0.15) is 0 Å². The van der Waals surface area contributed by atoms with Gasteiger partial charge in [-0.15, -0.1) is 10.2 Å². The Morgan fingerprint density at radius 2 is 2.00 bits per heavy atom. The summed E-state index contributed by atoms with van der Waals surface area (Å²) in [6, 6.07) is 10.1. The van der Waals surface area contributed by atoms with Crippen LogP contribution in [0.15, 0.2) is 30.3 Å². The number of aryl methyl sites for hydroxylation is 1. The number of nitrogens with two attached hydrogens (primary N) is 1. The zero-order valence-corrected chi connectivity index (χ0v) is 10.8. The van der Waals surface area contributed by atoms with Gasteiger partial charge >= 0.3 is 0 Å². The second-order valence-corrected chi connectivity index (χ2v) is 5.34. The van der Waals surface area contributed by atoms with Crippen LogP contribution in [0.25, 0.3) is 0 Å². The molecule has 1 aromatic heterocycles. The van der Waals surface area contributed by atoms with E-state index in [1.807, 2.05) is 25.1 Å². The van der Waals surface area contributed by atoms with E-state index in [4.69, 9.17) is 5.73 Å². The van der Waals surface area contributed by atoms with Crippen LogP contribution < -0.4 is 11.1 Å². The van der Waals surface area contributed by atoms with Gasteiger partial charge in [-0.05, 0) is 19.4 Å². The third-order valence-corrected chi connectivity index (χ3v) is 3.48. The maximum absolute atomic E-state index is 5.89. The van der Waals surface area contributed by atoms with Crippen molar-refractivity contribution in [2.24, 2.45) is 5.73 Å². The van der Waals surface area contributed by atoms with Gasteiger partial charge in [0.25, 0.3) is 0 Å². The fraction of sp³-hybridized carbons (Fsp3) is 0.333. The Kier molecular flexibility index (Phi) is 3.40. The monoisotopic (exact) mass is 248 g/mol. The van der Waals surface area contributed by atoms with Crippen LogP contribution in [0.5, 0.6) is 0 Å². The maximum Gasteiger partial charge on any atom is 0.206 e. The van der Waals surface area contributed by atoms with Crippen LogP contribution in [0.2, 0.25) is 0 Å². The summed E-state index contributed by atoms with van der Waals surface area (Å²) in [5.41, 5.74) is 6.72. The fourth-order valence-corrected chi connectivity index (χ4v) is 2.35. The van der Waals surface area contributed by atoms with Crippen LogP contribution in [0.3, 0.4) is 0 Å². The molecule has 0 bridgehead atoms. The summed E-state index contributed by atoms with van der Waals surface area (Å²) in [5, 5.41) is 13.2. The van der Waals surface area contributed by atoms with Gasteiger partial charge in [0.1, 0.15) is 5.01 Å². The van der Waals surface area contributed by atoms with Crippen LogP contribution in [-0.2, 0) is 5.54 Å². The highest BCUT2D eigenvalue weighted by molar-refractivity contribution is 7.15. The quantitative estimate of drug-likeness (QED) is 0.870. The van der Waals surface area contributed by atoms with E-state index in [1.165, 1.54) is 11.3 Å². The zero-order valence-electron chi connectivity index (χ0n) is 9.97. The molecule has 0 radical (unpaired) electrons. The molecule has 1 aromatic carbocycles. The Bertz CT molecular complexity index is 482. The minimum absolute atomic E-state index is 0.312. The third-order valence-electron chi connectivity index (χ3n) is 2.73. The second kappa shape index (κ2) is 4.81. The van der Waals surface area contributed by atoms with Crippen molar-refractivity contribution in [3.05, 3.63) is 40.9 Å². The standard InChI is InChI=1S/C12H16N4S/c1-9-15-16-11(17-9)14-12(2,8-13)10-6-4-3-5-7-10/h3-7H,8,13H2,1-2H3,(H,14,16). The molecule has 17 heavy (non-hydrogen) atoms. The molecule has 0 aliphatic carbocycles. The van der Waals surface area contributed by atoms with Gasteiger partial charge in [0.15, 0.2) is 0 Å². The van der Waals surface area contributed by atoms with E-state index in [-0.39, 0.29) is 5.54 Å². The molecule has 0 spiro atoms. The lowest BCUT2D eigenvalue weighted by molar-refractivity contribution is 0.555. The number of rotatable bonds is 4. The molecule has 90 valence electrons. The number of benzene rings is 1. The first-order valence-corrected chi connectivity index (χ1v) is 6.29. The first-order valence-electron chi connectivity index (χ1n) is 5.48. The third kappa shape index (κ3) is 2.62. The first kappa shape index (κ1) is 12.0. The average Bonchev–Trinajstić information content (AvgIpc) is 2.75. The van der Waals surface area contributed by atoms with Crippen LogP contribution in [0.1, 0.15) is 17.5 Å². The predicted molar refractivity (Wildman–Crippen MR) is 71.1 cm³/mol. The van der Waals surface area contributed by atoms with E-state index < -0.39 is 0 Å². The van der Waals surface area contributed by atoms with Gasteiger partial charge in [-0.3, -0.25) is 0 Å². The maximum atomic E-state index is 5.89. The van der Waals surface area contributed by atoms with E-state index in [2.05, 4.69) is 34.6 Å². The predicted octanol–water partition coefficient (Wildman–Crippen LogP) is 2.13. The molecule has 4 nitrogen and oxygen atoms in total. The molecule has 1 heterocycles. The molecular weight excluding hydrogens is 232 g/mol. The summed E-state index contributed by atoms with van der Waals surface area (Å²) in [7, 11) is 0. The fourth-order valence-electron chi connectivity index (χ4n) is 1.63. The highest BCUT2D eigenvalue weighted by Gasteiger charge is 2.25. The molecule has 0 saturated heterocycles. The van der Waals surface area contributed by atoms with Crippen molar-refractivity contribution < 1.29 is 0 Å². The Morgan fingerprint density at radius 1 is 1.29 bits per heavy atom. The zero-order chi connectivity index (χ0) is 12.3. The topological polar surface area (TPSA) is 63.8 Å². The average molecular weight is 248 g/mol. The number of hydrogen-bond acceptors (Lipinski definition) is 5. The lowest BCUT2D eigenvalue weighted by atomic mass is 9.92. The molecule has 0 saturated carbocycles. The van der Waals surface area contributed by atoms with Crippen molar-refractivity contribution >= 4 is 16.5 Å². The Labute approximate surface area is 105 Å². The molecule has 2 aromatic rings. The summed E-state index contributed by atoms with van der Waals surface area (Å²) in [6.07, 6.45) is 0. The van der Waals surface area contributed by atoms with E-state index in [1.54, 1.807) is 0 Å². The van der Waals surface area contributed by atoms with Crippen molar-refractivity contribution in [2.45, 2.75) is 19.4 Å². The minimum Gasteiger partial charge on any atom is -0.350 e. The summed E-state index contributed by atoms with van der Waals surface area (Å²) in [4.78, 5) is 0. The van der Waals surface area contributed by atoms with Gasteiger partial charge in [0, 0.05) is 6.54 Å². The van der Waals surface area contributed by atoms with E-state index in [0.29, 0.717) is 6.54 Å². The van der Waals surface area contributed by atoms with Crippen LogP contribution in [0, 0.1) is 6.92 Å². The van der Waals surface area contributed by atoms with Gasteiger partial charge in [0.05, 0.1) is 5.54 Å². The molecule has 0 aliphatic heterocycles. The molecule has 5 heteroatoms. The van der Waals surface area contributed by atoms with Crippen LogP contribution in [-0.4, -0.2) is 16.7 Å². The Morgan fingerprint density at radius 3 is 2.53 bits per heavy atom. The minimum atomic E-state index is -0.312. The van der Waals surface area contributed by atoms with Crippen molar-refractivity contribution in [3.8, 4) is 0 Å². The van der Waals surface area contributed by atoms with Gasteiger partial charge in [-0.25, -0.2) is 0 Å². The van der Waals surface area contributed by atoms with E-state index in [0.717, 1.165) is 15.7 Å². The first-order chi connectivity index (χ1) is 8.14. The number of nitrogens with one attached hydrogen (secondary N) is 1. The molecule has 0 aliphatic rings. The molecule has 0 amide bonds. The smallest absolute Gasteiger partial charge is 0.206 e. The SMILES string of the molecule is Cc1nnc(NC(C)(CN)c2ccccc2)s1. The molecule has 3 N–H and O–H groups in total. The number of nitrogens with zero attached hydrogens (tertiary/aromatic N) is 2. The molecule has 2 rings (SSSR count). The summed E-state index contributed by atoms with van der Waals surface area (Å²) in [5.74, 6) is 0. The molecule has 1 unspecified atom stereocenters. The highest BCUT2D eigenvalue weighted by atomic mass is 32.1. The van der Waals surface area contributed by atoms with Gasteiger partial charge in [0.2, 0.25) is 5.13 Å². The van der Waals surface area contributed by atoms with Crippen molar-refractivity contribution in [1.29, 1.82) is 0 Å². The normalized spacial score (nSPS) is 14.3. The number of anilines is 1. The molecular formula is C12H16N4S. The van der Waals surface area contributed by atoms with Gasteiger partial charge < -0.3 is 11.1 Å². The highest BCUT2D eigenvalue weighted by Crippen LogP contribution is 2.26. The van der Waals surface area contributed by atoms with Crippen molar-refractivity contribution in [3.63, 3.8) is 0 Å². The second-order valence-electron chi connectivity index (χ2n) is 4.15. The summed E-state index contributed by atoms with van der Waals surface area (Å²) >= 11 is 1.54. The Balaban J connectivity index is 2.26. The van der Waals surface area contributed by atoms with Crippen molar-refractivity contribution in [1.82, 2.24) is 10.2 Å². The van der Waals surface area contributed by atoms with E-state index >= 15 is 0 Å². The largest absolute Gasteiger partial charge is 0.350 e. The Hall–Kier alpha value is -1.46. The molecule has 0 fully saturated rings. The summed E-state index contributed by atoms with van der Waals surface area (Å²) in [6.45, 7) is 4.50. The lowest BCUT2D eigenvalue weighted by Gasteiger charge is -2.29. The van der Waals surface area contributed by atoms with Crippen molar-refractivity contribution in [2.75, 3.05) is 11.9 Å². The number of aromatic nitrogens is 2. The van der Waals surface area contributed by atoms with Gasteiger partial charge in [-0.1, -0.05) is 41.7 Å². The number of hydrogen-bond donors (Lipinski definition) is 2. The molecule has 1 atom stereocenters. The van der Waals surface area contributed by atoms with Crippen LogP contribution >= 0.6 is 11.3 Å².